The van der Waals surface area contributed by atoms with Crippen molar-refractivity contribution in [2.24, 2.45) is 5.92 Å². The van der Waals surface area contributed by atoms with Crippen LogP contribution in [0.3, 0.4) is 0 Å². The molecule has 0 saturated carbocycles. The molecule has 100 valence electrons. The second-order valence-electron chi connectivity index (χ2n) is 4.58. The summed E-state index contributed by atoms with van der Waals surface area (Å²) in [4.78, 5) is 14.0. The second-order valence-corrected chi connectivity index (χ2v) is 4.58. The van der Waals surface area contributed by atoms with Crippen LogP contribution >= 0.6 is 0 Å². The summed E-state index contributed by atoms with van der Waals surface area (Å²) in [6.45, 7) is 9.85. The van der Waals surface area contributed by atoms with Crippen LogP contribution in [0.5, 0.6) is 0 Å². The molecule has 1 aliphatic heterocycles. The number of carbonyl (C=O) groups is 1. The summed E-state index contributed by atoms with van der Waals surface area (Å²) in [5.74, 6) is 0.139. The highest BCUT2D eigenvalue weighted by atomic mass is 16.5. The monoisotopic (exact) mass is 242 g/mol. The van der Waals surface area contributed by atoms with Crippen LogP contribution in [0.2, 0.25) is 0 Å². The first-order chi connectivity index (χ1) is 8.27. The first kappa shape index (κ1) is 14.5. The van der Waals surface area contributed by atoms with E-state index in [1.165, 1.54) is 6.42 Å². The van der Waals surface area contributed by atoms with Gasteiger partial charge in [-0.15, -0.1) is 0 Å². The molecule has 1 rings (SSSR count). The largest absolute Gasteiger partial charge is 0.466 e. The number of ether oxygens (including phenoxy) is 1. The van der Waals surface area contributed by atoms with Crippen LogP contribution in [-0.4, -0.2) is 50.2 Å². The van der Waals surface area contributed by atoms with E-state index < -0.39 is 0 Å². The topological polar surface area (TPSA) is 41.6 Å². The highest BCUT2D eigenvalue weighted by molar-refractivity contribution is 5.72. The highest BCUT2D eigenvalue weighted by Crippen LogP contribution is 2.18. The lowest BCUT2D eigenvalue weighted by Gasteiger charge is -2.30. The van der Waals surface area contributed by atoms with Crippen molar-refractivity contribution in [1.29, 1.82) is 0 Å². The fourth-order valence-corrected chi connectivity index (χ4v) is 2.26. The third-order valence-corrected chi connectivity index (χ3v) is 3.29. The van der Waals surface area contributed by atoms with Crippen LogP contribution in [0.15, 0.2) is 0 Å². The molecule has 0 aromatic rings. The third-order valence-electron chi connectivity index (χ3n) is 3.29. The average molecular weight is 242 g/mol. The minimum atomic E-state index is -0.000186. The van der Waals surface area contributed by atoms with Gasteiger partial charge >= 0.3 is 5.97 Å². The number of piperidine rings is 1. The van der Waals surface area contributed by atoms with Crippen molar-refractivity contribution in [3.8, 4) is 0 Å². The van der Waals surface area contributed by atoms with E-state index in [9.17, 15) is 4.79 Å². The summed E-state index contributed by atoms with van der Waals surface area (Å²) >= 11 is 0. The maximum atomic E-state index is 11.6. The molecule has 1 saturated heterocycles. The van der Waals surface area contributed by atoms with Gasteiger partial charge in [-0.2, -0.15) is 0 Å². The first-order valence-corrected chi connectivity index (χ1v) is 6.87. The van der Waals surface area contributed by atoms with E-state index in [0.29, 0.717) is 6.61 Å². The first-order valence-electron chi connectivity index (χ1n) is 6.87. The summed E-state index contributed by atoms with van der Waals surface area (Å²) in [5.41, 5.74) is 0. The number of nitrogens with one attached hydrogen (secondary N) is 1. The van der Waals surface area contributed by atoms with E-state index >= 15 is 0 Å². The Labute approximate surface area is 105 Å². The van der Waals surface area contributed by atoms with Crippen LogP contribution in [0.1, 0.15) is 33.1 Å². The molecule has 1 aliphatic rings. The third kappa shape index (κ3) is 5.50. The highest BCUT2D eigenvalue weighted by Gasteiger charge is 2.25. The molecule has 0 radical (unpaired) electrons. The van der Waals surface area contributed by atoms with Crippen molar-refractivity contribution >= 4 is 5.97 Å². The zero-order valence-electron chi connectivity index (χ0n) is 11.2. The fraction of sp³-hybridized carbons (Fsp3) is 0.923. The molecule has 0 spiro atoms. The van der Waals surface area contributed by atoms with E-state index in [2.05, 4.69) is 17.1 Å². The zero-order valence-corrected chi connectivity index (χ0v) is 11.2. The molecule has 0 unspecified atom stereocenters. The molecule has 17 heavy (non-hydrogen) atoms. The molecule has 1 N–H and O–H groups in total. The molecule has 0 aromatic carbocycles. The summed E-state index contributed by atoms with van der Waals surface area (Å²) in [6.07, 6.45) is 3.11. The van der Waals surface area contributed by atoms with E-state index in [1.807, 2.05) is 6.92 Å². The average Bonchev–Trinajstić information content (AvgIpc) is 2.36. The normalized spacial score (nSPS) is 18.2. The lowest BCUT2D eigenvalue weighted by atomic mass is 9.97. The van der Waals surface area contributed by atoms with Crippen molar-refractivity contribution in [2.75, 3.05) is 39.3 Å². The van der Waals surface area contributed by atoms with Crippen molar-refractivity contribution < 1.29 is 9.53 Å². The summed E-state index contributed by atoms with van der Waals surface area (Å²) in [6, 6.07) is 0. The zero-order chi connectivity index (χ0) is 12.5. The van der Waals surface area contributed by atoms with E-state index in [-0.39, 0.29) is 11.9 Å². The molecule has 4 nitrogen and oxygen atoms in total. The van der Waals surface area contributed by atoms with Crippen LogP contribution < -0.4 is 5.32 Å². The van der Waals surface area contributed by atoms with Crippen molar-refractivity contribution in [3.05, 3.63) is 0 Å². The van der Waals surface area contributed by atoms with Gasteiger partial charge < -0.3 is 15.0 Å². The van der Waals surface area contributed by atoms with Gasteiger partial charge in [-0.05, 0) is 58.9 Å². The quantitative estimate of drug-likeness (QED) is 0.539. The molecule has 0 aliphatic carbocycles. The molecule has 0 bridgehead atoms. The number of hydrogen-bond acceptors (Lipinski definition) is 4. The van der Waals surface area contributed by atoms with Crippen LogP contribution in [-0.2, 0) is 9.53 Å². The van der Waals surface area contributed by atoms with Crippen molar-refractivity contribution in [1.82, 2.24) is 10.2 Å². The molecule has 0 aromatic heterocycles. The Kier molecular flexibility index (Phi) is 7.21. The smallest absolute Gasteiger partial charge is 0.309 e. The van der Waals surface area contributed by atoms with Crippen molar-refractivity contribution in [3.63, 3.8) is 0 Å². The van der Waals surface area contributed by atoms with Gasteiger partial charge in [0.2, 0.25) is 0 Å². The maximum absolute atomic E-state index is 11.6. The molecule has 4 heteroatoms. The summed E-state index contributed by atoms with van der Waals surface area (Å²) < 4.78 is 5.06. The Balaban J connectivity index is 2.11. The Morgan fingerprint density at radius 2 is 2.06 bits per heavy atom. The molecule has 1 fully saturated rings. The van der Waals surface area contributed by atoms with Crippen LogP contribution in [0.25, 0.3) is 0 Å². The van der Waals surface area contributed by atoms with Gasteiger partial charge in [-0.3, -0.25) is 4.79 Å². The molecule has 1 heterocycles. The van der Waals surface area contributed by atoms with Crippen LogP contribution in [0, 0.1) is 5.92 Å². The summed E-state index contributed by atoms with van der Waals surface area (Å²) in [7, 11) is 0. The van der Waals surface area contributed by atoms with Gasteiger partial charge in [0.1, 0.15) is 0 Å². The predicted molar refractivity (Wildman–Crippen MR) is 69.0 cm³/mol. The Bertz CT molecular complexity index is 213. The van der Waals surface area contributed by atoms with Crippen LogP contribution in [0.4, 0.5) is 0 Å². The van der Waals surface area contributed by atoms with Gasteiger partial charge in [0.25, 0.3) is 0 Å². The number of carbonyl (C=O) groups excluding carboxylic acids is 1. The minimum Gasteiger partial charge on any atom is -0.466 e. The van der Waals surface area contributed by atoms with E-state index in [0.717, 1.165) is 45.6 Å². The fourth-order valence-electron chi connectivity index (χ4n) is 2.26. The Morgan fingerprint density at radius 1 is 1.35 bits per heavy atom. The maximum Gasteiger partial charge on any atom is 0.309 e. The second kappa shape index (κ2) is 8.48. The van der Waals surface area contributed by atoms with E-state index in [4.69, 9.17) is 4.74 Å². The molecule has 0 atom stereocenters. The number of hydrogen-bond donors (Lipinski definition) is 1. The summed E-state index contributed by atoms with van der Waals surface area (Å²) in [5, 5.41) is 3.33. The van der Waals surface area contributed by atoms with Gasteiger partial charge in [0, 0.05) is 0 Å². The minimum absolute atomic E-state index is 0.000186. The predicted octanol–water partition coefficient (Wildman–Crippen LogP) is 1.26. The Morgan fingerprint density at radius 3 is 2.65 bits per heavy atom. The van der Waals surface area contributed by atoms with Gasteiger partial charge in [0.05, 0.1) is 12.5 Å². The number of rotatable bonds is 7. The number of likely N-dealkylation sites (tertiary alicyclic amines) is 1. The number of nitrogens with zero attached hydrogens (tertiary/aromatic N) is 1. The number of esters is 1. The van der Waals surface area contributed by atoms with Gasteiger partial charge in [0.15, 0.2) is 0 Å². The lowest BCUT2D eigenvalue weighted by molar-refractivity contribution is -0.149. The molecular formula is C13H26N2O2. The SMILES string of the molecule is CCNCCCN1CCC(C(=O)OCC)CC1. The Hall–Kier alpha value is -0.610. The van der Waals surface area contributed by atoms with Gasteiger partial charge in [-0.1, -0.05) is 6.92 Å². The molecule has 0 amide bonds. The van der Waals surface area contributed by atoms with Crippen molar-refractivity contribution in [2.45, 2.75) is 33.1 Å². The molecular weight excluding hydrogens is 216 g/mol. The lowest BCUT2D eigenvalue weighted by Crippen LogP contribution is -2.38. The standard InChI is InChI=1S/C13H26N2O2/c1-3-14-8-5-9-15-10-6-12(7-11-15)13(16)17-4-2/h12,14H,3-11H2,1-2H3. The van der Waals surface area contributed by atoms with Gasteiger partial charge in [-0.25, -0.2) is 0 Å². The van der Waals surface area contributed by atoms with E-state index in [1.54, 1.807) is 0 Å².